The van der Waals surface area contributed by atoms with Crippen LogP contribution in [0.4, 0.5) is 0 Å². The molecule has 4 heterocycles. The maximum atomic E-state index is 13.0. The fraction of sp³-hybridized carbons (Fsp3) is 0.750. The molecule has 0 spiro atoms. The monoisotopic (exact) mass is 404 g/mol. The number of piperidine rings is 1. The van der Waals surface area contributed by atoms with Gasteiger partial charge in [0.05, 0.1) is 19.8 Å². The molecule has 9 heteroatoms. The van der Waals surface area contributed by atoms with Crippen LogP contribution < -0.4 is 11.2 Å². The molecule has 0 saturated carbocycles. The molecular weight excluding hydrogens is 372 g/mol. The lowest BCUT2D eigenvalue weighted by Gasteiger charge is -2.33. The lowest BCUT2D eigenvalue weighted by atomic mass is 10.0. The van der Waals surface area contributed by atoms with E-state index >= 15 is 0 Å². The van der Waals surface area contributed by atoms with Crippen molar-refractivity contribution in [3.8, 4) is 0 Å². The van der Waals surface area contributed by atoms with E-state index in [-0.39, 0.29) is 11.2 Å². The van der Waals surface area contributed by atoms with Crippen LogP contribution >= 0.6 is 0 Å². The van der Waals surface area contributed by atoms with Crippen molar-refractivity contribution < 1.29 is 4.74 Å². The molecule has 0 unspecified atom stereocenters. The molecule has 2 aliphatic rings. The highest BCUT2D eigenvalue weighted by atomic mass is 16.5. The Kier molecular flexibility index (Phi) is 5.89. The van der Waals surface area contributed by atoms with Crippen molar-refractivity contribution in [2.75, 3.05) is 39.4 Å². The minimum atomic E-state index is -0.335. The molecule has 160 valence electrons. The summed E-state index contributed by atoms with van der Waals surface area (Å²) < 4.78 is 10.2. The quantitative estimate of drug-likeness (QED) is 0.706. The highest BCUT2D eigenvalue weighted by molar-refractivity contribution is 5.71. The molecule has 2 saturated heterocycles. The molecule has 0 amide bonds. The van der Waals surface area contributed by atoms with Crippen LogP contribution in [0.5, 0.6) is 0 Å². The first-order chi connectivity index (χ1) is 14.0. The molecule has 2 fully saturated rings. The van der Waals surface area contributed by atoms with E-state index in [1.54, 1.807) is 7.05 Å². The number of ether oxygens (including phenoxy) is 1. The average Bonchev–Trinajstić information content (AvgIpc) is 3.10. The third kappa shape index (κ3) is 3.91. The highest BCUT2D eigenvalue weighted by Gasteiger charge is 2.24. The summed E-state index contributed by atoms with van der Waals surface area (Å²) in [7, 11) is 3.23. The van der Waals surface area contributed by atoms with Gasteiger partial charge >= 0.3 is 5.69 Å². The predicted molar refractivity (Wildman–Crippen MR) is 111 cm³/mol. The summed E-state index contributed by atoms with van der Waals surface area (Å²) in [5, 5.41) is 0. The van der Waals surface area contributed by atoms with E-state index in [0.717, 1.165) is 45.2 Å². The van der Waals surface area contributed by atoms with Crippen molar-refractivity contribution >= 4 is 11.2 Å². The van der Waals surface area contributed by atoms with Crippen LogP contribution in [0.1, 0.15) is 32.0 Å². The first-order valence-corrected chi connectivity index (χ1v) is 10.7. The van der Waals surface area contributed by atoms with Crippen LogP contribution in [0.25, 0.3) is 11.2 Å². The van der Waals surface area contributed by atoms with Crippen molar-refractivity contribution in [1.82, 2.24) is 28.5 Å². The second-order valence-corrected chi connectivity index (χ2v) is 8.33. The molecule has 0 radical (unpaired) electrons. The predicted octanol–water partition coefficient (Wildman–Crippen LogP) is 0.140. The van der Waals surface area contributed by atoms with Crippen LogP contribution in [0.2, 0.25) is 0 Å². The Morgan fingerprint density at radius 3 is 2.52 bits per heavy atom. The summed E-state index contributed by atoms with van der Waals surface area (Å²) in [5.41, 5.74) is 0.413. The van der Waals surface area contributed by atoms with Crippen molar-refractivity contribution in [2.24, 2.45) is 14.1 Å². The maximum absolute atomic E-state index is 13.0. The second kappa shape index (κ2) is 8.41. The largest absolute Gasteiger partial charge is 0.379 e. The van der Waals surface area contributed by atoms with E-state index in [9.17, 15) is 9.59 Å². The number of likely N-dealkylation sites (tertiary alicyclic amines) is 1. The average molecular weight is 405 g/mol. The minimum Gasteiger partial charge on any atom is -0.379 e. The fourth-order valence-corrected chi connectivity index (χ4v) is 4.49. The van der Waals surface area contributed by atoms with Crippen molar-refractivity contribution in [1.29, 1.82) is 0 Å². The molecule has 0 aromatic carbocycles. The molecule has 0 N–H and O–H groups in total. The summed E-state index contributed by atoms with van der Waals surface area (Å²) in [6.45, 7) is 8.84. The van der Waals surface area contributed by atoms with E-state index in [2.05, 4.69) is 16.7 Å². The number of rotatable bonds is 5. The number of imidazole rings is 1. The standard InChI is InChI=1S/C20H32N6O3/c1-15-6-4-5-7-25(15)14-16-21-18-17(19(27)23(3)20(28)22(18)2)26(16)9-8-24-10-12-29-13-11-24/h15H,4-14H2,1-3H3/t15-/m1/s1. The van der Waals surface area contributed by atoms with Gasteiger partial charge in [0, 0.05) is 46.3 Å². The van der Waals surface area contributed by atoms with Gasteiger partial charge in [-0.3, -0.25) is 23.7 Å². The van der Waals surface area contributed by atoms with Gasteiger partial charge in [-0.1, -0.05) is 6.42 Å². The van der Waals surface area contributed by atoms with Gasteiger partial charge in [-0.05, 0) is 26.3 Å². The summed E-state index contributed by atoms with van der Waals surface area (Å²) in [5.74, 6) is 0.875. The normalized spacial score (nSPS) is 21.8. The number of morpholine rings is 1. The Hall–Kier alpha value is -1.97. The topological polar surface area (TPSA) is 77.5 Å². The zero-order valence-electron chi connectivity index (χ0n) is 17.8. The SMILES string of the molecule is C[C@@H]1CCCCN1Cc1nc2c(c(=O)n(C)c(=O)n2C)n1CCN1CCOCC1. The second-order valence-electron chi connectivity index (χ2n) is 8.33. The van der Waals surface area contributed by atoms with Crippen LogP contribution in [-0.2, 0) is 31.9 Å². The molecule has 4 rings (SSSR count). The number of fused-ring (bicyclic) bond motifs is 1. The van der Waals surface area contributed by atoms with Gasteiger partial charge in [0.2, 0.25) is 0 Å². The van der Waals surface area contributed by atoms with Crippen molar-refractivity contribution in [3.63, 3.8) is 0 Å². The summed E-state index contributed by atoms with van der Waals surface area (Å²) in [6, 6.07) is 0.503. The van der Waals surface area contributed by atoms with E-state index in [1.165, 1.54) is 35.4 Å². The number of aromatic nitrogens is 4. The Morgan fingerprint density at radius 1 is 1.03 bits per heavy atom. The van der Waals surface area contributed by atoms with Gasteiger partial charge in [0.15, 0.2) is 11.2 Å². The fourth-order valence-electron chi connectivity index (χ4n) is 4.49. The molecule has 2 aromatic heterocycles. The highest BCUT2D eigenvalue weighted by Crippen LogP contribution is 2.20. The molecule has 9 nitrogen and oxygen atoms in total. The zero-order chi connectivity index (χ0) is 20.5. The Morgan fingerprint density at radius 2 is 1.79 bits per heavy atom. The van der Waals surface area contributed by atoms with Gasteiger partial charge in [-0.2, -0.15) is 0 Å². The van der Waals surface area contributed by atoms with Crippen LogP contribution in [0, 0.1) is 0 Å². The Balaban J connectivity index is 1.73. The number of nitrogens with zero attached hydrogens (tertiary/aromatic N) is 6. The molecule has 29 heavy (non-hydrogen) atoms. The van der Waals surface area contributed by atoms with Gasteiger partial charge < -0.3 is 9.30 Å². The van der Waals surface area contributed by atoms with Crippen molar-refractivity contribution in [3.05, 3.63) is 26.7 Å². The maximum Gasteiger partial charge on any atom is 0.332 e. The van der Waals surface area contributed by atoms with E-state index in [0.29, 0.717) is 30.3 Å². The van der Waals surface area contributed by atoms with Gasteiger partial charge in [0.25, 0.3) is 5.56 Å². The van der Waals surface area contributed by atoms with Crippen LogP contribution in [-0.4, -0.2) is 73.9 Å². The molecule has 2 aliphatic heterocycles. The summed E-state index contributed by atoms with van der Waals surface area (Å²) in [6.07, 6.45) is 3.65. The Bertz CT molecular complexity index is 985. The lowest BCUT2D eigenvalue weighted by molar-refractivity contribution is 0.0363. The first-order valence-electron chi connectivity index (χ1n) is 10.7. The first kappa shape index (κ1) is 20.3. The lowest BCUT2D eigenvalue weighted by Crippen LogP contribution is -2.40. The summed E-state index contributed by atoms with van der Waals surface area (Å²) >= 11 is 0. The van der Waals surface area contributed by atoms with Gasteiger partial charge in [-0.15, -0.1) is 0 Å². The third-order valence-corrected chi connectivity index (χ3v) is 6.46. The summed E-state index contributed by atoms with van der Waals surface area (Å²) in [4.78, 5) is 35.0. The smallest absolute Gasteiger partial charge is 0.332 e. The number of hydrogen-bond donors (Lipinski definition) is 0. The molecule has 0 bridgehead atoms. The molecule has 0 aliphatic carbocycles. The van der Waals surface area contributed by atoms with E-state index in [4.69, 9.17) is 9.72 Å². The molecule has 2 aromatic rings. The van der Waals surface area contributed by atoms with Gasteiger partial charge in [-0.25, -0.2) is 9.78 Å². The number of hydrogen-bond acceptors (Lipinski definition) is 6. The van der Waals surface area contributed by atoms with Gasteiger partial charge in [0.1, 0.15) is 5.82 Å². The van der Waals surface area contributed by atoms with Crippen LogP contribution in [0.3, 0.4) is 0 Å². The zero-order valence-corrected chi connectivity index (χ0v) is 17.8. The van der Waals surface area contributed by atoms with E-state index < -0.39 is 0 Å². The third-order valence-electron chi connectivity index (χ3n) is 6.46. The molecular formula is C20H32N6O3. The molecule has 1 atom stereocenters. The van der Waals surface area contributed by atoms with Crippen LogP contribution in [0.15, 0.2) is 9.59 Å². The van der Waals surface area contributed by atoms with Crippen molar-refractivity contribution in [2.45, 2.75) is 45.3 Å². The number of aryl methyl sites for hydroxylation is 1. The Labute approximate surface area is 170 Å². The van der Waals surface area contributed by atoms with E-state index in [1.807, 2.05) is 4.57 Å². The minimum absolute atomic E-state index is 0.268.